The molecule has 1 N–H and O–H groups in total. The average Bonchev–Trinajstić information content (AvgIpc) is 3.30. The highest BCUT2D eigenvalue weighted by molar-refractivity contribution is 6.35. The lowest BCUT2D eigenvalue weighted by atomic mass is 10.2. The van der Waals surface area contributed by atoms with Gasteiger partial charge < -0.3 is 14.6 Å². The second kappa shape index (κ2) is 8.26. The molecule has 1 aromatic heterocycles. The minimum atomic E-state index is -0.494. The Morgan fingerprint density at radius 3 is 2.53 bits per heavy atom. The Bertz CT molecular complexity index is 1150. The summed E-state index contributed by atoms with van der Waals surface area (Å²) >= 11 is 12.1. The first kappa shape index (κ1) is 20.1. The number of rotatable bonds is 5. The first-order chi connectivity index (χ1) is 14.4. The Labute approximate surface area is 183 Å². The third-order valence-corrected chi connectivity index (χ3v) is 5.29. The van der Waals surface area contributed by atoms with Crippen LogP contribution in [0.25, 0.3) is 11.8 Å². The monoisotopic (exact) mass is 441 g/mol. The maximum Gasteiger partial charge on any atom is 0.329 e. The van der Waals surface area contributed by atoms with Crippen LogP contribution >= 0.6 is 23.2 Å². The first-order valence-corrected chi connectivity index (χ1v) is 9.81. The molecule has 4 rings (SSSR count). The Kier molecular flexibility index (Phi) is 5.53. The SMILES string of the molecule is COc1ccc(-n2ccc(/C=C3/NC(=O)N(Cc4ccc(Cl)cc4Cl)C3=O)c2)cc1. The predicted molar refractivity (Wildman–Crippen MR) is 116 cm³/mol. The maximum atomic E-state index is 12.7. The van der Waals surface area contributed by atoms with Crippen molar-refractivity contribution in [2.75, 3.05) is 7.11 Å². The molecule has 0 bridgehead atoms. The molecule has 0 spiro atoms. The smallest absolute Gasteiger partial charge is 0.329 e. The van der Waals surface area contributed by atoms with E-state index in [4.69, 9.17) is 27.9 Å². The molecule has 1 fully saturated rings. The molecule has 8 heteroatoms. The second-order valence-electron chi connectivity index (χ2n) is 6.67. The number of imide groups is 1. The summed E-state index contributed by atoms with van der Waals surface area (Å²) in [6.07, 6.45) is 5.39. The fourth-order valence-electron chi connectivity index (χ4n) is 3.12. The van der Waals surface area contributed by atoms with E-state index in [1.807, 2.05) is 47.3 Å². The van der Waals surface area contributed by atoms with Crippen molar-refractivity contribution in [2.45, 2.75) is 6.54 Å². The third-order valence-electron chi connectivity index (χ3n) is 4.70. The standard InChI is InChI=1S/C22H17Cl2N3O3/c1-30-18-6-4-17(5-7-18)26-9-8-14(12-26)10-20-21(28)27(22(29)25-20)13-15-2-3-16(23)11-19(15)24/h2-12H,13H2,1H3,(H,25,29)/b20-10+. The van der Waals surface area contributed by atoms with Crippen LogP contribution < -0.4 is 10.1 Å². The summed E-state index contributed by atoms with van der Waals surface area (Å²) < 4.78 is 7.09. The number of hydrogen-bond donors (Lipinski definition) is 1. The minimum Gasteiger partial charge on any atom is -0.497 e. The van der Waals surface area contributed by atoms with Crippen molar-refractivity contribution in [2.24, 2.45) is 0 Å². The number of ether oxygens (including phenoxy) is 1. The van der Waals surface area contributed by atoms with Crippen LogP contribution in [-0.2, 0) is 11.3 Å². The number of benzene rings is 2. The summed E-state index contributed by atoms with van der Waals surface area (Å²) in [5, 5.41) is 3.51. The molecule has 0 saturated carbocycles. The molecule has 0 unspecified atom stereocenters. The van der Waals surface area contributed by atoms with Gasteiger partial charge in [-0.25, -0.2) is 4.79 Å². The number of aromatic nitrogens is 1. The molecule has 1 aliphatic heterocycles. The van der Waals surface area contributed by atoms with E-state index in [0.29, 0.717) is 15.6 Å². The van der Waals surface area contributed by atoms with Gasteiger partial charge >= 0.3 is 6.03 Å². The van der Waals surface area contributed by atoms with E-state index in [1.165, 1.54) is 0 Å². The Balaban J connectivity index is 1.52. The van der Waals surface area contributed by atoms with E-state index in [-0.39, 0.29) is 12.2 Å². The van der Waals surface area contributed by atoms with Crippen LogP contribution in [0, 0.1) is 0 Å². The van der Waals surface area contributed by atoms with Gasteiger partial charge in [-0.15, -0.1) is 0 Å². The van der Waals surface area contributed by atoms with Gasteiger partial charge in [-0.3, -0.25) is 9.69 Å². The molecular weight excluding hydrogens is 425 g/mol. The van der Waals surface area contributed by atoms with Crippen LogP contribution in [0.15, 0.2) is 66.6 Å². The van der Waals surface area contributed by atoms with Gasteiger partial charge in [0.2, 0.25) is 0 Å². The molecule has 152 valence electrons. The van der Waals surface area contributed by atoms with E-state index < -0.39 is 11.9 Å². The molecule has 3 amide bonds. The average molecular weight is 442 g/mol. The van der Waals surface area contributed by atoms with E-state index in [2.05, 4.69) is 5.32 Å². The number of amides is 3. The lowest BCUT2D eigenvalue weighted by Gasteiger charge is -2.13. The molecule has 6 nitrogen and oxygen atoms in total. The van der Waals surface area contributed by atoms with Crippen LogP contribution in [0.1, 0.15) is 11.1 Å². The summed E-state index contributed by atoms with van der Waals surface area (Å²) in [6.45, 7) is 0.0604. The number of halogens is 2. The lowest BCUT2D eigenvalue weighted by molar-refractivity contribution is -0.123. The normalized spacial score (nSPS) is 15.0. The Morgan fingerprint density at radius 1 is 1.07 bits per heavy atom. The van der Waals surface area contributed by atoms with Gasteiger partial charge in [-0.2, -0.15) is 0 Å². The number of nitrogens with zero attached hydrogens (tertiary/aromatic N) is 2. The van der Waals surface area contributed by atoms with E-state index >= 15 is 0 Å². The van der Waals surface area contributed by atoms with Crippen molar-refractivity contribution >= 4 is 41.2 Å². The van der Waals surface area contributed by atoms with Crippen molar-refractivity contribution in [3.8, 4) is 11.4 Å². The van der Waals surface area contributed by atoms with Gasteiger partial charge in [0, 0.05) is 28.1 Å². The van der Waals surface area contributed by atoms with Crippen molar-refractivity contribution in [1.29, 1.82) is 0 Å². The topological polar surface area (TPSA) is 63.6 Å². The summed E-state index contributed by atoms with van der Waals surface area (Å²) in [5.74, 6) is 0.358. The van der Waals surface area contributed by atoms with E-state index in [9.17, 15) is 9.59 Å². The third kappa shape index (κ3) is 4.06. The number of carbonyl (C=O) groups excluding carboxylic acids is 2. The molecule has 3 aromatic rings. The van der Waals surface area contributed by atoms with Gasteiger partial charge in [-0.1, -0.05) is 29.3 Å². The second-order valence-corrected chi connectivity index (χ2v) is 7.51. The van der Waals surface area contributed by atoms with Crippen molar-refractivity contribution in [3.63, 3.8) is 0 Å². The molecule has 1 aliphatic rings. The van der Waals surface area contributed by atoms with E-state index in [0.717, 1.165) is 21.9 Å². The van der Waals surface area contributed by atoms with Crippen LogP contribution in [-0.4, -0.2) is 28.5 Å². The highest BCUT2D eigenvalue weighted by Crippen LogP contribution is 2.25. The van der Waals surface area contributed by atoms with Crippen LogP contribution in [0.2, 0.25) is 10.0 Å². The van der Waals surface area contributed by atoms with Gasteiger partial charge in [-0.05, 0) is 59.7 Å². The molecule has 0 radical (unpaired) electrons. The van der Waals surface area contributed by atoms with Gasteiger partial charge in [0.25, 0.3) is 5.91 Å². The zero-order chi connectivity index (χ0) is 21.3. The van der Waals surface area contributed by atoms with Gasteiger partial charge in [0.05, 0.1) is 13.7 Å². The quantitative estimate of drug-likeness (QED) is 0.452. The molecule has 30 heavy (non-hydrogen) atoms. The van der Waals surface area contributed by atoms with E-state index in [1.54, 1.807) is 31.4 Å². The molecular formula is C22H17Cl2N3O3. The molecule has 2 aromatic carbocycles. The predicted octanol–water partition coefficient (Wildman–Crippen LogP) is 4.89. The largest absolute Gasteiger partial charge is 0.497 e. The Morgan fingerprint density at radius 2 is 1.83 bits per heavy atom. The number of methoxy groups -OCH3 is 1. The summed E-state index contributed by atoms with van der Waals surface area (Å²) in [4.78, 5) is 26.2. The zero-order valence-corrected chi connectivity index (χ0v) is 17.4. The minimum absolute atomic E-state index is 0.0604. The number of hydrogen-bond acceptors (Lipinski definition) is 3. The summed E-state index contributed by atoms with van der Waals surface area (Å²) in [6, 6.07) is 13.9. The highest BCUT2D eigenvalue weighted by atomic mass is 35.5. The molecule has 0 atom stereocenters. The number of urea groups is 1. The maximum absolute atomic E-state index is 12.7. The summed E-state index contributed by atoms with van der Waals surface area (Å²) in [5.41, 5.74) is 2.57. The van der Waals surface area contributed by atoms with Crippen LogP contribution in [0.5, 0.6) is 5.75 Å². The van der Waals surface area contributed by atoms with Crippen molar-refractivity contribution in [1.82, 2.24) is 14.8 Å². The van der Waals surface area contributed by atoms with Crippen LogP contribution in [0.4, 0.5) is 4.79 Å². The van der Waals surface area contributed by atoms with Gasteiger partial charge in [0.15, 0.2) is 0 Å². The zero-order valence-electron chi connectivity index (χ0n) is 15.9. The number of carbonyl (C=O) groups is 2. The molecule has 0 aliphatic carbocycles. The molecule has 2 heterocycles. The Hall–Kier alpha value is -3.22. The fourth-order valence-corrected chi connectivity index (χ4v) is 3.58. The highest BCUT2D eigenvalue weighted by Gasteiger charge is 2.33. The fraction of sp³-hybridized carbons (Fsp3) is 0.0909. The van der Waals surface area contributed by atoms with Crippen molar-refractivity contribution in [3.05, 3.63) is 87.8 Å². The lowest BCUT2D eigenvalue weighted by Crippen LogP contribution is -2.30. The summed E-state index contributed by atoms with van der Waals surface area (Å²) in [7, 11) is 1.62. The van der Waals surface area contributed by atoms with Crippen LogP contribution in [0.3, 0.4) is 0 Å². The van der Waals surface area contributed by atoms with Crippen molar-refractivity contribution < 1.29 is 14.3 Å². The number of nitrogens with one attached hydrogen (secondary N) is 1. The molecule has 1 saturated heterocycles. The first-order valence-electron chi connectivity index (χ1n) is 9.05. The van der Waals surface area contributed by atoms with Gasteiger partial charge in [0.1, 0.15) is 11.4 Å².